The number of aromatic nitrogens is 5. The minimum Gasteiger partial charge on any atom is -0.497 e. The van der Waals surface area contributed by atoms with Gasteiger partial charge in [0.15, 0.2) is 5.82 Å². The summed E-state index contributed by atoms with van der Waals surface area (Å²) in [6.45, 7) is 7.94. The molecule has 0 radical (unpaired) electrons. The number of hydrogen-bond acceptors (Lipinski definition) is 6. The molecule has 8 heteroatoms. The first kappa shape index (κ1) is 26.3. The van der Waals surface area contributed by atoms with E-state index < -0.39 is 0 Å². The van der Waals surface area contributed by atoms with E-state index in [1.165, 1.54) is 5.56 Å². The van der Waals surface area contributed by atoms with Crippen molar-refractivity contribution < 1.29 is 4.74 Å². The SMILES string of the molecule is CCC(c1nnnn1Cc1ccc(OC)cc1)N(Cc1ccccc1)Cc1cc2cc(C)c(C)cc2[nH]c1=O. The highest BCUT2D eigenvalue weighted by atomic mass is 16.5. The number of tetrazole rings is 1. The number of fused-ring (bicyclic) bond motifs is 1. The number of H-pyrrole nitrogens is 1. The molecule has 1 atom stereocenters. The predicted octanol–water partition coefficient (Wildman–Crippen LogP) is 5.34. The molecular weight excluding hydrogens is 488 g/mol. The van der Waals surface area contributed by atoms with E-state index in [4.69, 9.17) is 4.74 Å². The third kappa shape index (κ3) is 5.91. The van der Waals surface area contributed by atoms with Crippen LogP contribution in [-0.4, -0.2) is 37.2 Å². The molecule has 0 fully saturated rings. The predicted molar refractivity (Wildman–Crippen MR) is 153 cm³/mol. The summed E-state index contributed by atoms with van der Waals surface area (Å²) in [6.07, 6.45) is 0.777. The number of hydrogen-bond donors (Lipinski definition) is 1. The van der Waals surface area contributed by atoms with Crippen molar-refractivity contribution >= 4 is 10.9 Å². The Kier molecular flexibility index (Phi) is 7.84. The Labute approximate surface area is 228 Å². The van der Waals surface area contributed by atoms with E-state index in [2.05, 4.69) is 64.4 Å². The second kappa shape index (κ2) is 11.6. The van der Waals surface area contributed by atoms with Gasteiger partial charge < -0.3 is 9.72 Å². The number of ether oxygens (including phenoxy) is 1. The van der Waals surface area contributed by atoms with E-state index in [0.29, 0.717) is 25.2 Å². The Morgan fingerprint density at radius 2 is 1.69 bits per heavy atom. The topological polar surface area (TPSA) is 88.9 Å². The zero-order chi connectivity index (χ0) is 27.4. The molecule has 5 aromatic rings. The Morgan fingerprint density at radius 3 is 2.41 bits per heavy atom. The van der Waals surface area contributed by atoms with Crippen molar-refractivity contribution in [1.82, 2.24) is 30.1 Å². The molecule has 200 valence electrons. The standard InChI is InChI=1S/C31H34N6O2/c1-5-29(30-33-34-35-37(30)19-24-11-13-27(39-4)14-12-24)36(18-23-9-7-6-8-10-23)20-26-17-25-15-21(2)22(3)16-28(25)32-31(26)38/h6-17,29H,5,18-20H2,1-4H3,(H,32,38). The molecule has 1 N–H and O–H groups in total. The van der Waals surface area contributed by atoms with Crippen LogP contribution in [0.1, 0.15) is 53.0 Å². The van der Waals surface area contributed by atoms with E-state index in [0.717, 1.165) is 45.6 Å². The first-order valence-electron chi connectivity index (χ1n) is 13.2. The van der Waals surface area contributed by atoms with Crippen molar-refractivity contribution in [2.24, 2.45) is 0 Å². The van der Waals surface area contributed by atoms with Gasteiger partial charge in [0.2, 0.25) is 0 Å². The first-order valence-corrected chi connectivity index (χ1v) is 13.2. The summed E-state index contributed by atoms with van der Waals surface area (Å²) < 4.78 is 7.15. The maximum Gasteiger partial charge on any atom is 0.252 e. The van der Waals surface area contributed by atoms with Crippen LogP contribution in [0.25, 0.3) is 10.9 Å². The molecule has 2 aromatic heterocycles. The lowest BCUT2D eigenvalue weighted by Gasteiger charge is -2.30. The van der Waals surface area contributed by atoms with Gasteiger partial charge in [0.05, 0.1) is 19.7 Å². The zero-order valence-electron chi connectivity index (χ0n) is 22.9. The molecule has 0 spiro atoms. The lowest BCUT2D eigenvalue weighted by molar-refractivity contribution is 0.161. The number of rotatable bonds is 10. The number of methoxy groups -OCH3 is 1. The van der Waals surface area contributed by atoms with Crippen LogP contribution in [0.5, 0.6) is 5.75 Å². The highest BCUT2D eigenvalue weighted by molar-refractivity contribution is 5.80. The van der Waals surface area contributed by atoms with E-state index in [1.54, 1.807) is 7.11 Å². The van der Waals surface area contributed by atoms with Crippen molar-refractivity contribution in [2.75, 3.05) is 7.11 Å². The molecule has 0 saturated carbocycles. The number of benzene rings is 3. The van der Waals surface area contributed by atoms with Gasteiger partial charge in [-0.15, -0.1) is 5.10 Å². The summed E-state index contributed by atoms with van der Waals surface area (Å²) in [5.41, 5.74) is 6.10. The summed E-state index contributed by atoms with van der Waals surface area (Å²) in [6, 6.07) is 24.3. The number of aryl methyl sites for hydroxylation is 2. The second-order valence-corrected chi connectivity index (χ2v) is 10.0. The van der Waals surface area contributed by atoms with Gasteiger partial charge in [-0.05, 0) is 88.7 Å². The molecule has 0 aliphatic heterocycles. The van der Waals surface area contributed by atoms with Gasteiger partial charge in [-0.3, -0.25) is 9.69 Å². The van der Waals surface area contributed by atoms with Gasteiger partial charge in [-0.1, -0.05) is 49.4 Å². The summed E-state index contributed by atoms with van der Waals surface area (Å²) in [5, 5.41) is 13.9. The van der Waals surface area contributed by atoms with Crippen LogP contribution in [0.2, 0.25) is 0 Å². The molecule has 2 heterocycles. The molecule has 0 aliphatic rings. The van der Waals surface area contributed by atoms with Gasteiger partial charge in [-0.2, -0.15) is 0 Å². The van der Waals surface area contributed by atoms with Crippen molar-refractivity contribution in [2.45, 2.75) is 52.9 Å². The molecular formula is C31H34N6O2. The maximum atomic E-state index is 13.2. The summed E-state index contributed by atoms with van der Waals surface area (Å²) in [4.78, 5) is 18.6. The maximum absolute atomic E-state index is 13.2. The molecule has 0 aliphatic carbocycles. The number of nitrogens with one attached hydrogen (secondary N) is 1. The number of aromatic amines is 1. The molecule has 0 saturated heterocycles. The molecule has 3 aromatic carbocycles. The quantitative estimate of drug-likeness (QED) is 0.266. The Balaban J connectivity index is 1.50. The highest BCUT2D eigenvalue weighted by Gasteiger charge is 2.26. The average Bonchev–Trinajstić information content (AvgIpc) is 3.39. The summed E-state index contributed by atoms with van der Waals surface area (Å²) >= 11 is 0. The van der Waals surface area contributed by atoms with E-state index in [-0.39, 0.29) is 11.6 Å². The van der Waals surface area contributed by atoms with Gasteiger partial charge in [0.1, 0.15) is 5.75 Å². The van der Waals surface area contributed by atoms with Crippen LogP contribution in [0.4, 0.5) is 0 Å². The Bertz CT molecular complexity index is 1610. The Hall–Kier alpha value is -4.30. The fourth-order valence-corrected chi connectivity index (χ4v) is 5.02. The fourth-order valence-electron chi connectivity index (χ4n) is 5.02. The monoisotopic (exact) mass is 522 g/mol. The largest absolute Gasteiger partial charge is 0.497 e. The number of pyridine rings is 1. The van der Waals surface area contributed by atoms with Crippen molar-refractivity contribution in [3.05, 3.63) is 117 Å². The fraction of sp³-hybridized carbons (Fsp3) is 0.290. The molecule has 39 heavy (non-hydrogen) atoms. The van der Waals surface area contributed by atoms with Crippen LogP contribution in [0.15, 0.2) is 77.6 Å². The van der Waals surface area contributed by atoms with Crippen LogP contribution in [0.3, 0.4) is 0 Å². The second-order valence-electron chi connectivity index (χ2n) is 10.0. The minimum atomic E-state index is -0.103. The third-order valence-corrected chi connectivity index (χ3v) is 7.31. The molecule has 0 amide bonds. The summed E-state index contributed by atoms with van der Waals surface area (Å²) in [7, 11) is 1.66. The van der Waals surface area contributed by atoms with E-state index in [9.17, 15) is 4.79 Å². The molecule has 8 nitrogen and oxygen atoms in total. The first-order chi connectivity index (χ1) is 18.9. The van der Waals surface area contributed by atoms with Crippen molar-refractivity contribution in [3.63, 3.8) is 0 Å². The zero-order valence-corrected chi connectivity index (χ0v) is 22.9. The van der Waals surface area contributed by atoms with Crippen molar-refractivity contribution in [3.8, 4) is 5.75 Å². The lowest BCUT2D eigenvalue weighted by atomic mass is 10.0. The molecule has 0 bridgehead atoms. The lowest BCUT2D eigenvalue weighted by Crippen LogP contribution is -2.32. The van der Waals surface area contributed by atoms with E-state index >= 15 is 0 Å². The van der Waals surface area contributed by atoms with Crippen molar-refractivity contribution in [1.29, 1.82) is 0 Å². The molecule has 1 unspecified atom stereocenters. The Morgan fingerprint density at radius 1 is 0.949 bits per heavy atom. The highest BCUT2D eigenvalue weighted by Crippen LogP contribution is 2.27. The van der Waals surface area contributed by atoms with Gasteiger partial charge in [-0.25, -0.2) is 4.68 Å². The van der Waals surface area contributed by atoms with Crippen LogP contribution < -0.4 is 10.3 Å². The van der Waals surface area contributed by atoms with Crippen LogP contribution in [-0.2, 0) is 19.6 Å². The third-order valence-electron chi connectivity index (χ3n) is 7.31. The van der Waals surface area contributed by atoms with Gasteiger partial charge in [0.25, 0.3) is 5.56 Å². The normalized spacial score (nSPS) is 12.2. The smallest absolute Gasteiger partial charge is 0.252 e. The number of nitrogens with zero attached hydrogens (tertiary/aromatic N) is 5. The molecule has 5 rings (SSSR count). The average molecular weight is 523 g/mol. The van der Waals surface area contributed by atoms with Crippen LogP contribution >= 0.6 is 0 Å². The van der Waals surface area contributed by atoms with Crippen LogP contribution in [0, 0.1) is 13.8 Å². The minimum absolute atomic E-state index is 0.0727. The van der Waals surface area contributed by atoms with Gasteiger partial charge in [0, 0.05) is 24.2 Å². The van der Waals surface area contributed by atoms with E-state index in [1.807, 2.05) is 59.3 Å². The van der Waals surface area contributed by atoms with Gasteiger partial charge >= 0.3 is 0 Å². The summed E-state index contributed by atoms with van der Waals surface area (Å²) in [5.74, 6) is 1.58.